The molecule has 0 bridgehead atoms. The maximum Gasteiger partial charge on any atom is 0.330 e. The molecule has 0 saturated carbocycles. The third kappa shape index (κ3) is 2.06. The number of rotatable bonds is 2. The van der Waals surface area contributed by atoms with Gasteiger partial charge in [-0.1, -0.05) is 18.2 Å². The average molecular weight is 305 g/mol. The minimum absolute atomic E-state index is 0.429. The zero-order valence-electron chi connectivity index (χ0n) is 8.08. The zero-order valence-corrected chi connectivity index (χ0v) is 10.2. The number of hydrogen-bond donors (Lipinski definition) is 1. The summed E-state index contributed by atoms with van der Waals surface area (Å²) in [5.74, 6) is -0.429. The summed E-state index contributed by atoms with van der Waals surface area (Å²) in [5, 5.41) is 0. The fourth-order valence-corrected chi connectivity index (χ4v) is 2.15. The molecule has 1 atom stereocenters. The lowest BCUT2D eigenvalue weighted by Gasteiger charge is -2.22. The van der Waals surface area contributed by atoms with E-state index in [1.165, 1.54) is 7.11 Å². The Balaban J connectivity index is 3.16. The van der Waals surface area contributed by atoms with Crippen LogP contribution in [0.1, 0.15) is 12.5 Å². The van der Waals surface area contributed by atoms with Crippen LogP contribution in [0, 0.1) is 3.57 Å². The first-order chi connectivity index (χ1) is 6.50. The second-order valence-corrected chi connectivity index (χ2v) is 4.34. The van der Waals surface area contributed by atoms with Crippen molar-refractivity contribution < 1.29 is 9.53 Å². The van der Waals surface area contributed by atoms with E-state index in [-0.39, 0.29) is 0 Å². The molecule has 0 aliphatic rings. The molecule has 0 aliphatic carbocycles. The third-order valence-electron chi connectivity index (χ3n) is 2.04. The van der Waals surface area contributed by atoms with Gasteiger partial charge in [0, 0.05) is 3.57 Å². The van der Waals surface area contributed by atoms with E-state index in [0.29, 0.717) is 0 Å². The van der Waals surface area contributed by atoms with Crippen molar-refractivity contribution in [3.63, 3.8) is 0 Å². The molecule has 1 aromatic carbocycles. The lowest BCUT2D eigenvalue weighted by atomic mass is 9.93. The number of carbonyl (C=O) groups excluding carboxylic acids is 1. The monoisotopic (exact) mass is 305 g/mol. The standard InChI is InChI=1S/C10H12INO2/c1-10(12,9(13)14-2)7-5-3-4-6-8(7)11/h3-6H,12H2,1-2H3. The van der Waals surface area contributed by atoms with Gasteiger partial charge in [-0.3, -0.25) is 0 Å². The molecule has 14 heavy (non-hydrogen) atoms. The number of hydrogen-bond acceptors (Lipinski definition) is 3. The van der Waals surface area contributed by atoms with Crippen molar-refractivity contribution in [2.24, 2.45) is 5.73 Å². The van der Waals surface area contributed by atoms with Crippen LogP contribution in [0.4, 0.5) is 0 Å². The molecule has 1 unspecified atom stereocenters. The van der Waals surface area contributed by atoms with Crippen molar-refractivity contribution in [1.82, 2.24) is 0 Å². The first-order valence-corrected chi connectivity index (χ1v) is 5.20. The Morgan fingerprint density at radius 1 is 1.50 bits per heavy atom. The maximum absolute atomic E-state index is 11.4. The van der Waals surface area contributed by atoms with E-state index in [9.17, 15) is 4.79 Å². The molecule has 0 fully saturated rings. The van der Waals surface area contributed by atoms with E-state index in [1.54, 1.807) is 6.92 Å². The van der Waals surface area contributed by atoms with Crippen molar-refractivity contribution in [3.8, 4) is 0 Å². The molecule has 0 radical (unpaired) electrons. The Labute approximate surface area is 96.8 Å². The fourth-order valence-electron chi connectivity index (χ4n) is 1.20. The van der Waals surface area contributed by atoms with Crippen LogP contribution in [0.2, 0.25) is 0 Å². The van der Waals surface area contributed by atoms with E-state index in [1.807, 2.05) is 24.3 Å². The molecule has 2 N–H and O–H groups in total. The van der Waals surface area contributed by atoms with Gasteiger partial charge in [-0.25, -0.2) is 4.79 Å². The van der Waals surface area contributed by atoms with Crippen LogP contribution in [0.3, 0.4) is 0 Å². The van der Waals surface area contributed by atoms with E-state index in [2.05, 4.69) is 27.3 Å². The predicted octanol–water partition coefficient (Wildman–Crippen LogP) is 1.64. The van der Waals surface area contributed by atoms with Crippen LogP contribution < -0.4 is 5.73 Å². The highest BCUT2D eigenvalue weighted by Crippen LogP contribution is 2.24. The van der Waals surface area contributed by atoms with Crippen molar-refractivity contribution in [1.29, 1.82) is 0 Å². The fraction of sp³-hybridized carbons (Fsp3) is 0.300. The number of methoxy groups -OCH3 is 1. The molecule has 0 saturated heterocycles. The van der Waals surface area contributed by atoms with Gasteiger partial charge in [0.2, 0.25) is 0 Å². The summed E-state index contributed by atoms with van der Waals surface area (Å²) >= 11 is 2.15. The molecule has 0 spiro atoms. The highest BCUT2D eigenvalue weighted by atomic mass is 127. The number of nitrogens with two attached hydrogens (primary N) is 1. The highest BCUT2D eigenvalue weighted by molar-refractivity contribution is 14.1. The van der Waals surface area contributed by atoms with Gasteiger partial charge in [0.1, 0.15) is 5.54 Å². The van der Waals surface area contributed by atoms with Gasteiger partial charge in [0.05, 0.1) is 7.11 Å². The second-order valence-electron chi connectivity index (χ2n) is 3.17. The maximum atomic E-state index is 11.4. The van der Waals surface area contributed by atoms with Crippen LogP contribution in [-0.2, 0) is 15.1 Å². The smallest absolute Gasteiger partial charge is 0.330 e. The number of esters is 1. The summed E-state index contributed by atoms with van der Waals surface area (Å²) in [4.78, 5) is 11.4. The second kappa shape index (κ2) is 4.27. The summed E-state index contributed by atoms with van der Waals surface area (Å²) in [7, 11) is 1.34. The number of benzene rings is 1. The molecule has 4 heteroatoms. The molecular formula is C10H12INO2. The first kappa shape index (κ1) is 11.5. The Morgan fingerprint density at radius 2 is 2.07 bits per heavy atom. The van der Waals surface area contributed by atoms with E-state index < -0.39 is 11.5 Å². The first-order valence-electron chi connectivity index (χ1n) is 4.12. The average Bonchev–Trinajstić information content (AvgIpc) is 2.17. The summed E-state index contributed by atoms with van der Waals surface area (Å²) in [5.41, 5.74) is 5.62. The van der Waals surface area contributed by atoms with E-state index in [0.717, 1.165) is 9.13 Å². The summed E-state index contributed by atoms with van der Waals surface area (Å²) in [6, 6.07) is 7.49. The van der Waals surface area contributed by atoms with Crippen LogP contribution in [0.5, 0.6) is 0 Å². The minimum atomic E-state index is -1.08. The van der Waals surface area contributed by atoms with E-state index >= 15 is 0 Å². The molecule has 1 aromatic rings. The normalized spacial score (nSPS) is 14.6. The van der Waals surface area contributed by atoms with Gasteiger partial charge in [0.15, 0.2) is 0 Å². The Bertz CT molecular complexity index is 350. The molecule has 0 aromatic heterocycles. The third-order valence-corrected chi connectivity index (χ3v) is 2.98. The van der Waals surface area contributed by atoms with Gasteiger partial charge in [0.25, 0.3) is 0 Å². The van der Waals surface area contributed by atoms with Gasteiger partial charge in [-0.05, 0) is 41.1 Å². The lowest BCUT2D eigenvalue weighted by Crippen LogP contribution is -2.43. The molecule has 0 amide bonds. The predicted molar refractivity (Wildman–Crippen MR) is 62.7 cm³/mol. The summed E-state index contributed by atoms with van der Waals surface area (Å²) in [6.07, 6.45) is 0. The van der Waals surface area contributed by atoms with Gasteiger partial charge >= 0.3 is 5.97 Å². The van der Waals surface area contributed by atoms with Crippen LogP contribution >= 0.6 is 22.6 Å². The van der Waals surface area contributed by atoms with Gasteiger partial charge in [-0.15, -0.1) is 0 Å². The van der Waals surface area contributed by atoms with Crippen molar-refractivity contribution in [2.75, 3.05) is 7.11 Å². The lowest BCUT2D eigenvalue weighted by molar-refractivity contribution is -0.146. The topological polar surface area (TPSA) is 52.3 Å². The van der Waals surface area contributed by atoms with Crippen molar-refractivity contribution in [2.45, 2.75) is 12.5 Å². The highest BCUT2D eigenvalue weighted by Gasteiger charge is 2.33. The Morgan fingerprint density at radius 3 is 2.57 bits per heavy atom. The Hall–Kier alpha value is -0.620. The van der Waals surface area contributed by atoms with Crippen LogP contribution in [0.15, 0.2) is 24.3 Å². The van der Waals surface area contributed by atoms with Crippen molar-refractivity contribution >= 4 is 28.6 Å². The number of ether oxygens (including phenoxy) is 1. The number of carbonyl (C=O) groups is 1. The van der Waals surface area contributed by atoms with Crippen molar-refractivity contribution in [3.05, 3.63) is 33.4 Å². The van der Waals surface area contributed by atoms with Gasteiger partial charge < -0.3 is 10.5 Å². The van der Waals surface area contributed by atoms with Gasteiger partial charge in [-0.2, -0.15) is 0 Å². The molecule has 3 nitrogen and oxygen atoms in total. The van der Waals surface area contributed by atoms with Crippen LogP contribution in [0.25, 0.3) is 0 Å². The molecule has 0 heterocycles. The summed E-state index contributed by atoms with van der Waals surface area (Å²) in [6.45, 7) is 1.65. The molecular weight excluding hydrogens is 293 g/mol. The van der Waals surface area contributed by atoms with Crippen LogP contribution in [-0.4, -0.2) is 13.1 Å². The van der Waals surface area contributed by atoms with E-state index in [4.69, 9.17) is 5.73 Å². The Kier molecular flexibility index (Phi) is 3.49. The molecule has 1 rings (SSSR count). The summed E-state index contributed by atoms with van der Waals surface area (Å²) < 4.78 is 5.62. The molecule has 76 valence electrons. The minimum Gasteiger partial charge on any atom is -0.467 e. The quantitative estimate of drug-likeness (QED) is 0.667. The zero-order chi connectivity index (χ0) is 10.8. The molecule has 0 aliphatic heterocycles. The number of halogens is 1. The SMILES string of the molecule is COC(=O)C(C)(N)c1ccccc1I. The largest absolute Gasteiger partial charge is 0.467 e.